The molecule has 1 saturated heterocycles. The van der Waals surface area contributed by atoms with Gasteiger partial charge in [0.1, 0.15) is 45.7 Å². The number of anilines is 4. The molecule has 19 heteroatoms. The molecule has 0 spiro atoms. The van der Waals surface area contributed by atoms with E-state index in [9.17, 15) is 13.2 Å². The summed E-state index contributed by atoms with van der Waals surface area (Å²) in [5.74, 6) is -2.26. The Labute approximate surface area is 310 Å². The second-order valence-corrected chi connectivity index (χ2v) is 16.0. The minimum absolute atomic E-state index is 0.0128. The van der Waals surface area contributed by atoms with E-state index in [0.717, 1.165) is 28.9 Å². The minimum atomic E-state index is -4.41. The highest BCUT2D eigenvalue weighted by atomic mass is 35.5. The highest BCUT2D eigenvalue weighted by Gasteiger charge is 2.28. The molecule has 3 aromatic heterocycles. The molecule has 0 aliphatic carbocycles. The van der Waals surface area contributed by atoms with Gasteiger partial charge in [-0.3, -0.25) is 9.29 Å². The highest BCUT2D eigenvalue weighted by Crippen LogP contribution is 2.36. The summed E-state index contributed by atoms with van der Waals surface area (Å²) in [6.45, 7) is 7.66. The third-order valence-corrected chi connectivity index (χ3v) is 11.3. The maximum atomic E-state index is 15.8. The average molecular weight is 789 g/mol. The van der Waals surface area contributed by atoms with E-state index in [-0.39, 0.29) is 32.4 Å². The van der Waals surface area contributed by atoms with E-state index < -0.39 is 38.6 Å². The van der Waals surface area contributed by atoms with Crippen molar-refractivity contribution in [3.63, 3.8) is 0 Å². The van der Waals surface area contributed by atoms with Crippen molar-refractivity contribution in [1.29, 1.82) is 0 Å². The van der Waals surface area contributed by atoms with Crippen molar-refractivity contribution >= 4 is 94.9 Å². The average Bonchev–Trinajstić information content (AvgIpc) is 3.73. The van der Waals surface area contributed by atoms with Crippen molar-refractivity contribution in [2.45, 2.75) is 31.3 Å². The molecule has 7 rings (SSSR count). The molecule has 13 nitrogen and oxygen atoms in total. The van der Waals surface area contributed by atoms with E-state index in [2.05, 4.69) is 29.9 Å². The van der Waals surface area contributed by atoms with Crippen LogP contribution >= 0.6 is 34.5 Å². The number of amides is 1. The lowest BCUT2D eigenvalue weighted by Crippen LogP contribution is -2.50. The van der Waals surface area contributed by atoms with Crippen LogP contribution in [0.4, 0.5) is 36.5 Å². The van der Waals surface area contributed by atoms with Crippen LogP contribution in [-0.4, -0.2) is 75.7 Å². The van der Waals surface area contributed by atoms with Crippen molar-refractivity contribution < 1.29 is 26.7 Å². The van der Waals surface area contributed by atoms with Gasteiger partial charge in [-0.05, 0) is 57.2 Å². The van der Waals surface area contributed by atoms with Crippen LogP contribution in [0.5, 0.6) is 0 Å². The zero-order valence-corrected chi connectivity index (χ0v) is 30.8. The highest BCUT2D eigenvalue weighted by molar-refractivity contribution is 7.92. The van der Waals surface area contributed by atoms with E-state index >= 15 is 8.78 Å². The van der Waals surface area contributed by atoms with E-state index in [1.807, 2.05) is 39.0 Å². The number of benzene rings is 3. The van der Waals surface area contributed by atoms with E-state index in [1.54, 1.807) is 15.8 Å². The van der Waals surface area contributed by atoms with E-state index in [1.165, 1.54) is 35.9 Å². The molecule has 0 bridgehead atoms. The number of para-hydroxylation sites is 1. The Bertz CT molecular complexity index is 2470. The number of sulfonamides is 1. The number of hydrogen-bond acceptors (Lipinski definition) is 11. The second-order valence-electron chi connectivity index (χ2n) is 12.7. The number of ether oxygens (including phenoxy) is 1. The molecule has 1 aliphatic heterocycles. The molecule has 1 fully saturated rings. The quantitative estimate of drug-likeness (QED) is 0.166. The predicted molar refractivity (Wildman–Crippen MR) is 197 cm³/mol. The fraction of sp³-hybridized carbons (Fsp3) is 0.242. The monoisotopic (exact) mass is 787 g/mol. The third-order valence-electron chi connectivity index (χ3n) is 8.00. The molecule has 2 N–H and O–H groups in total. The van der Waals surface area contributed by atoms with Gasteiger partial charge in [-0.15, -0.1) is 0 Å². The molecule has 3 aromatic carbocycles. The van der Waals surface area contributed by atoms with Gasteiger partial charge >= 0.3 is 6.09 Å². The number of thiazole rings is 1. The molecule has 6 aromatic rings. The van der Waals surface area contributed by atoms with E-state index in [4.69, 9.17) is 32.9 Å². The zero-order chi connectivity index (χ0) is 36.9. The molecule has 0 unspecified atom stereocenters. The van der Waals surface area contributed by atoms with Gasteiger partial charge in [0.05, 0.1) is 26.9 Å². The second kappa shape index (κ2) is 13.6. The van der Waals surface area contributed by atoms with Crippen LogP contribution in [0.1, 0.15) is 20.8 Å². The Balaban J connectivity index is 1.15. The van der Waals surface area contributed by atoms with E-state index in [0.29, 0.717) is 36.1 Å². The van der Waals surface area contributed by atoms with Crippen LogP contribution in [0.25, 0.3) is 26.5 Å². The fourth-order valence-corrected chi connectivity index (χ4v) is 8.30. The maximum Gasteiger partial charge on any atom is 0.410 e. The van der Waals surface area contributed by atoms with Crippen molar-refractivity contribution in [2.75, 3.05) is 41.1 Å². The normalized spacial score (nSPS) is 13.9. The number of rotatable bonds is 7. The van der Waals surface area contributed by atoms with Gasteiger partial charge in [0, 0.05) is 26.2 Å². The number of nitrogens with zero attached hydrogens (tertiary/aromatic N) is 7. The first kappa shape index (κ1) is 35.6. The molecule has 1 aliphatic rings. The smallest absolute Gasteiger partial charge is 0.410 e. The van der Waals surface area contributed by atoms with Crippen LogP contribution in [0.2, 0.25) is 10.0 Å². The Kier molecular flexibility index (Phi) is 9.31. The van der Waals surface area contributed by atoms with Gasteiger partial charge < -0.3 is 19.9 Å². The first-order valence-electron chi connectivity index (χ1n) is 15.7. The Morgan fingerprint density at radius 1 is 0.962 bits per heavy atom. The Hall–Kier alpha value is -4.84. The number of aromatic nitrogens is 5. The number of carbonyl (C=O) groups is 1. The Morgan fingerprint density at radius 3 is 2.46 bits per heavy atom. The molecule has 0 atom stereocenters. The summed E-state index contributed by atoms with van der Waals surface area (Å²) in [5, 5.41) is 2.84. The molecule has 1 amide bonds. The van der Waals surface area contributed by atoms with Crippen LogP contribution < -0.4 is 14.9 Å². The van der Waals surface area contributed by atoms with Crippen molar-refractivity contribution in [3.8, 4) is 5.13 Å². The molecule has 52 heavy (non-hydrogen) atoms. The predicted octanol–water partition coefficient (Wildman–Crippen LogP) is 7.61. The summed E-state index contributed by atoms with van der Waals surface area (Å²) in [6.07, 6.45) is 2.51. The summed E-state index contributed by atoms with van der Waals surface area (Å²) in [7, 11) is -4.41. The van der Waals surface area contributed by atoms with Crippen LogP contribution in [0, 0.1) is 11.6 Å². The first-order valence-corrected chi connectivity index (χ1v) is 18.8. The number of fused-ring (bicyclic) bond motifs is 2. The lowest BCUT2D eigenvalue weighted by molar-refractivity contribution is 0.0240. The minimum Gasteiger partial charge on any atom is -0.444 e. The molecule has 0 radical (unpaired) electrons. The number of piperazine rings is 1. The fourth-order valence-electron chi connectivity index (χ4n) is 5.58. The van der Waals surface area contributed by atoms with Crippen LogP contribution in [0.3, 0.4) is 0 Å². The lowest BCUT2D eigenvalue weighted by Gasteiger charge is -2.36. The summed E-state index contributed by atoms with van der Waals surface area (Å²) >= 11 is 13.3. The molecule has 4 heterocycles. The summed E-state index contributed by atoms with van der Waals surface area (Å²) < 4.78 is 66.4. The van der Waals surface area contributed by atoms with Gasteiger partial charge in [0.15, 0.2) is 21.6 Å². The molecular weight excluding hydrogens is 759 g/mol. The van der Waals surface area contributed by atoms with Gasteiger partial charge in [-0.1, -0.05) is 46.7 Å². The largest absolute Gasteiger partial charge is 0.444 e. The maximum absolute atomic E-state index is 15.8. The SMILES string of the molecule is CC(C)(C)OC(=O)N1CCN(c2cccc3c2ncn3-c2nc3c(Nc4c(F)ccc(NS(=O)(=O)c5cccc(Cl)c5Cl)c4F)ncnc3s2)CC1. The standard InChI is InChI=1S/C33H29Cl2F2N9O4S2/c1-33(2,3)50-32(47)45-14-12-44(13-15-45)21-7-5-8-22-27(21)40-17-46(22)31-42-28-29(38-16-39-30(28)51-31)41-26-19(36)10-11-20(25(26)37)43-52(48,49)23-9-4-6-18(34)24(23)35/h4-11,16-17,43H,12-15H2,1-3H3,(H,38,39,41). The topological polar surface area (TPSA) is 147 Å². The molecular formula is C33H29Cl2F2N9O4S2. The molecule has 270 valence electrons. The summed E-state index contributed by atoms with van der Waals surface area (Å²) in [5.41, 5.74) is 0.790. The Morgan fingerprint density at radius 2 is 1.71 bits per heavy atom. The number of carbonyl (C=O) groups excluding carboxylic acids is 1. The van der Waals surface area contributed by atoms with Crippen molar-refractivity contribution in [3.05, 3.63) is 82.9 Å². The van der Waals surface area contributed by atoms with Crippen molar-refractivity contribution in [1.82, 2.24) is 29.4 Å². The number of nitrogens with one attached hydrogen (secondary N) is 2. The number of hydrogen-bond donors (Lipinski definition) is 2. The first-order chi connectivity index (χ1) is 24.7. The van der Waals surface area contributed by atoms with Gasteiger partial charge in [0.2, 0.25) is 0 Å². The molecule has 0 saturated carbocycles. The van der Waals surface area contributed by atoms with Crippen LogP contribution in [0.15, 0.2) is 66.1 Å². The van der Waals surface area contributed by atoms with Crippen molar-refractivity contribution in [2.24, 2.45) is 0 Å². The number of halogens is 4. The van der Waals surface area contributed by atoms with Gasteiger partial charge in [-0.2, -0.15) is 0 Å². The number of imidazole rings is 1. The lowest BCUT2D eigenvalue weighted by atomic mass is 10.2. The zero-order valence-electron chi connectivity index (χ0n) is 27.7. The van der Waals surface area contributed by atoms with Gasteiger partial charge in [-0.25, -0.2) is 41.9 Å². The summed E-state index contributed by atoms with van der Waals surface area (Å²) in [6, 6.07) is 11.6. The van der Waals surface area contributed by atoms with Crippen LogP contribution in [-0.2, 0) is 14.8 Å². The van der Waals surface area contributed by atoms with Gasteiger partial charge in [0.25, 0.3) is 10.0 Å². The summed E-state index contributed by atoms with van der Waals surface area (Å²) in [4.78, 5) is 34.3. The third kappa shape index (κ3) is 6.88.